The van der Waals surface area contributed by atoms with Crippen molar-refractivity contribution in [3.05, 3.63) is 50.8 Å². The maximum atomic E-state index is 12.6. The molecule has 0 spiro atoms. The molecule has 1 atom stereocenters. The number of aryl methyl sites for hydroxylation is 1. The van der Waals surface area contributed by atoms with Gasteiger partial charge in [0.1, 0.15) is 16.6 Å². The minimum atomic E-state index is -0.742. The Balaban J connectivity index is 1.92. The summed E-state index contributed by atoms with van der Waals surface area (Å²) in [5.41, 5.74) is 0.204. The lowest BCUT2D eigenvalue weighted by molar-refractivity contribution is -0.118. The molecule has 0 bridgehead atoms. The van der Waals surface area contributed by atoms with Gasteiger partial charge in [0.2, 0.25) is 5.91 Å². The Morgan fingerprint density at radius 3 is 2.88 bits per heavy atom. The van der Waals surface area contributed by atoms with Crippen molar-refractivity contribution in [3.8, 4) is 5.75 Å². The Bertz CT molecular complexity index is 1010. The zero-order chi connectivity index (χ0) is 18.1. The fourth-order valence-electron chi connectivity index (χ4n) is 2.47. The molecule has 25 heavy (non-hydrogen) atoms. The van der Waals surface area contributed by atoms with Gasteiger partial charge in [-0.1, -0.05) is 11.6 Å². The summed E-state index contributed by atoms with van der Waals surface area (Å²) in [6, 6.07) is 5.97. The molecule has 0 aliphatic heterocycles. The molecule has 0 aliphatic rings. The van der Waals surface area contributed by atoms with E-state index in [2.05, 4.69) is 10.3 Å². The van der Waals surface area contributed by atoms with E-state index in [1.165, 1.54) is 29.3 Å². The molecule has 0 aliphatic carbocycles. The molecule has 3 rings (SSSR count). The number of hydrogen-bond acceptors (Lipinski definition) is 5. The van der Waals surface area contributed by atoms with Gasteiger partial charge in [0.15, 0.2) is 0 Å². The zero-order valence-electron chi connectivity index (χ0n) is 13.9. The van der Waals surface area contributed by atoms with Crippen LogP contribution in [-0.4, -0.2) is 22.6 Å². The summed E-state index contributed by atoms with van der Waals surface area (Å²) >= 11 is 7.42. The number of anilines is 1. The molecule has 0 saturated carbocycles. The first kappa shape index (κ1) is 17.4. The maximum Gasteiger partial charge on any atom is 0.262 e. The Kier molecular flexibility index (Phi) is 4.78. The molecule has 2 aromatic heterocycles. The van der Waals surface area contributed by atoms with E-state index >= 15 is 0 Å². The van der Waals surface area contributed by atoms with E-state index in [9.17, 15) is 9.59 Å². The van der Waals surface area contributed by atoms with E-state index in [1.54, 1.807) is 31.2 Å². The summed E-state index contributed by atoms with van der Waals surface area (Å²) in [4.78, 5) is 31.2. The average Bonchev–Trinajstić information content (AvgIpc) is 2.96. The Morgan fingerprint density at radius 2 is 2.16 bits per heavy atom. The number of nitrogens with one attached hydrogen (secondary N) is 1. The predicted molar refractivity (Wildman–Crippen MR) is 100.0 cm³/mol. The van der Waals surface area contributed by atoms with E-state index in [0.717, 1.165) is 4.88 Å². The first-order valence-corrected chi connectivity index (χ1v) is 8.72. The van der Waals surface area contributed by atoms with Gasteiger partial charge in [-0.3, -0.25) is 14.2 Å². The number of benzene rings is 1. The number of thiophene rings is 1. The maximum absolute atomic E-state index is 12.6. The molecule has 2 heterocycles. The number of nitrogens with zero attached hydrogens (tertiary/aromatic N) is 2. The summed E-state index contributed by atoms with van der Waals surface area (Å²) in [5, 5.41) is 3.74. The van der Waals surface area contributed by atoms with Gasteiger partial charge in [0.05, 0.1) is 24.5 Å². The number of amides is 1. The second-order valence-electron chi connectivity index (χ2n) is 5.54. The number of carbonyl (C=O) groups excluding carboxylic acids is 1. The van der Waals surface area contributed by atoms with Crippen molar-refractivity contribution >= 4 is 44.7 Å². The standard InChI is InChI=1S/C17H16ClN3O3S/c1-9-6-12-16(25-9)19-8-21(17(12)23)10(2)15(22)20-13-7-11(18)4-5-14(13)24-3/h4-8,10H,1-3H3,(H,20,22)/t10-/m0/s1. The van der Waals surface area contributed by atoms with Crippen molar-refractivity contribution in [2.45, 2.75) is 19.9 Å². The van der Waals surface area contributed by atoms with Crippen LogP contribution in [0.4, 0.5) is 5.69 Å². The first-order valence-electron chi connectivity index (χ1n) is 7.52. The van der Waals surface area contributed by atoms with Crippen molar-refractivity contribution in [2.24, 2.45) is 0 Å². The number of fused-ring (bicyclic) bond motifs is 1. The SMILES string of the molecule is COc1ccc(Cl)cc1NC(=O)[C@H](C)n1cnc2sc(C)cc2c1=O. The number of aromatic nitrogens is 2. The molecule has 130 valence electrons. The lowest BCUT2D eigenvalue weighted by Crippen LogP contribution is -2.31. The van der Waals surface area contributed by atoms with Crippen LogP contribution in [0.15, 0.2) is 35.4 Å². The van der Waals surface area contributed by atoms with Crippen LogP contribution in [0, 0.1) is 6.92 Å². The van der Waals surface area contributed by atoms with Gasteiger partial charge in [-0.05, 0) is 38.1 Å². The van der Waals surface area contributed by atoms with Crippen LogP contribution in [0.25, 0.3) is 10.2 Å². The molecular weight excluding hydrogens is 362 g/mol. The zero-order valence-corrected chi connectivity index (χ0v) is 15.4. The summed E-state index contributed by atoms with van der Waals surface area (Å²) in [6.45, 7) is 3.55. The number of methoxy groups -OCH3 is 1. The predicted octanol–water partition coefficient (Wildman–Crippen LogP) is 3.63. The minimum Gasteiger partial charge on any atom is -0.495 e. The van der Waals surface area contributed by atoms with Crippen LogP contribution >= 0.6 is 22.9 Å². The lowest BCUT2D eigenvalue weighted by atomic mass is 10.2. The number of rotatable bonds is 4. The summed E-state index contributed by atoms with van der Waals surface area (Å²) < 4.78 is 6.54. The molecule has 0 radical (unpaired) electrons. The minimum absolute atomic E-state index is 0.241. The topological polar surface area (TPSA) is 73.2 Å². The van der Waals surface area contributed by atoms with Crippen LogP contribution in [0.5, 0.6) is 5.75 Å². The van der Waals surface area contributed by atoms with Gasteiger partial charge in [0.25, 0.3) is 5.56 Å². The van der Waals surface area contributed by atoms with E-state index < -0.39 is 6.04 Å². The molecule has 0 saturated heterocycles. The third-order valence-corrected chi connectivity index (χ3v) is 5.01. The fourth-order valence-corrected chi connectivity index (χ4v) is 3.48. The number of ether oxygens (including phenoxy) is 1. The molecular formula is C17H16ClN3O3S. The van der Waals surface area contributed by atoms with Crippen molar-refractivity contribution in [1.82, 2.24) is 9.55 Å². The molecule has 0 unspecified atom stereocenters. The van der Waals surface area contributed by atoms with Crippen LogP contribution in [0.3, 0.4) is 0 Å². The van der Waals surface area contributed by atoms with Gasteiger partial charge >= 0.3 is 0 Å². The third-order valence-electron chi connectivity index (χ3n) is 3.82. The molecule has 1 amide bonds. The smallest absolute Gasteiger partial charge is 0.262 e. The van der Waals surface area contributed by atoms with E-state index in [-0.39, 0.29) is 11.5 Å². The third kappa shape index (κ3) is 3.38. The highest BCUT2D eigenvalue weighted by molar-refractivity contribution is 7.18. The highest BCUT2D eigenvalue weighted by Gasteiger charge is 2.20. The Hall–Kier alpha value is -2.38. The lowest BCUT2D eigenvalue weighted by Gasteiger charge is -2.16. The number of hydrogen-bond donors (Lipinski definition) is 1. The summed E-state index contributed by atoms with van der Waals surface area (Å²) in [7, 11) is 1.50. The first-order chi connectivity index (χ1) is 11.9. The van der Waals surface area contributed by atoms with E-state index in [4.69, 9.17) is 16.3 Å². The van der Waals surface area contributed by atoms with Gasteiger partial charge in [-0.2, -0.15) is 0 Å². The molecule has 1 N–H and O–H groups in total. The van der Waals surface area contributed by atoms with Crippen molar-refractivity contribution in [3.63, 3.8) is 0 Å². The van der Waals surface area contributed by atoms with E-state index in [0.29, 0.717) is 26.7 Å². The number of carbonyl (C=O) groups is 1. The normalized spacial score (nSPS) is 12.2. The second kappa shape index (κ2) is 6.85. The fraction of sp³-hybridized carbons (Fsp3) is 0.235. The molecule has 1 aromatic carbocycles. The van der Waals surface area contributed by atoms with Gasteiger partial charge in [-0.25, -0.2) is 4.98 Å². The van der Waals surface area contributed by atoms with Gasteiger partial charge in [-0.15, -0.1) is 11.3 Å². The Labute approximate surface area is 153 Å². The van der Waals surface area contributed by atoms with Crippen LogP contribution < -0.4 is 15.6 Å². The second-order valence-corrected chi connectivity index (χ2v) is 7.21. The summed E-state index contributed by atoms with van der Waals surface area (Å²) in [5.74, 6) is 0.120. The Morgan fingerprint density at radius 1 is 1.40 bits per heavy atom. The summed E-state index contributed by atoms with van der Waals surface area (Å²) in [6.07, 6.45) is 1.40. The molecule has 8 heteroatoms. The quantitative estimate of drug-likeness (QED) is 0.753. The van der Waals surface area contributed by atoms with Crippen molar-refractivity contribution in [2.75, 3.05) is 12.4 Å². The van der Waals surface area contributed by atoms with Gasteiger partial charge in [0, 0.05) is 9.90 Å². The molecule has 3 aromatic rings. The van der Waals surface area contributed by atoms with Crippen LogP contribution in [0.2, 0.25) is 5.02 Å². The highest BCUT2D eigenvalue weighted by atomic mass is 35.5. The van der Waals surface area contributed by atoms with Gasteiger partial charge < -0.3 is 10.1 Å². The monoisotopic (exact) mass is 377 g/mol. The number of halogens is 1. The van der Waals surface area contributed by atoms with Crippen LogP contribution in [0.1, 0.15) is 17.8 Å². The van der Waals surface area contributed by atoms with Crippen LogP contribution in [-0.2, 0) is 4.79 Å². The largest absolute Gasteiger partial charge is 0.495 e. The highest BCUT2D eigenvalue weighted by Crippen LogP contribution is 2.28. The van der Waals surface area contributed by atoms with Crippen molar-refractivity contribution < 1.29 is 9.53 Å². The van der Waals surface area contributed by atoms with Crippen molar-refractivity contribution in [1.29, 1.82) is 0 Å². The van der Waals surface area contributed by atoms with E-state index in [1.807, 2.05) is 6.92 Å². The molecule has 6 nitrogen and oxygen atoms in total. The average molecular weight is 378 g/mol. The molecule has 0 fully saturated rings.